The van der Waals surface area contributed by atoms with Gasteiger partial charge in [-0.3, -0.25) is 4.90 Å². The average Bonchev–Trinajstić information content (AvgIpc) is 3.05. The van der Waals surface area contributed by atoms with Crippen LogP contribution in [0, 0.1) is 0 Å². The summed E-state index contributed by atoms with van der Waals surface area (Å²) in [5.74, 6) is 0. The number of piperidine rings is 1. The molecule has 0 spiro atoms. The molecule has 4 nitrogen and oxygen atoms in total. The molecule has 0 bridgehead atoms. The summed E-state index contributed by atoms with van der Waals surface area (Å²) in [7, 11) is 0. The summed E-state index contributed by atoms with van der Waals surface area (Å²) >= 11 is 0. The molecule has 1 heterocycles. The van der Waals surface area contributed by atoms with Gasteiger partial charge < -0.3 is 14.2 Å². The van der Waals surface area contributed by atoms with E-state index in [2.05, 4.69) is 35.7 Å². The van der Waals surface area contributed by atoms with Gasteiger partial charge in [-0.1, -0.05) is 127 Å². The maximum Gasteiger partial charge on any atom is 0.113 e. The van der Waals surface area contributed by atoms with E-state index in [1.165, 1.54) is 0 Å². The maximum atomic E-state index is 15.3. The number of ether oxygens (including phenoxy) is 3. The molecule has 1 aliphatic heterocycles. The standard InChI is InChI=1S/C37H40FNO3/c1-2-15-33-35(40-26-30-18-9-4-10-19-30)37(42-28-32-22-13-6-14-23-32)36(41-27-31-20-11-5-12-21-31)34(24-38)39(33)25-29-16-7-3-8-17-29/h2-14,16-23,33-37H,1,15,24-28H2/t33-,34-,35-,36+,37+/m0/s1. The van der Waals surface area contributed by atoms with Crippen molar-refractivity contribution in [2.24, 2.45) is 0 Å². The normalized spacial score (nSPS) is 22.5. The van der Waals surface area contributed by atoms with Crippen LogP contribution in [-0.4, -0.2) is 42.0 Å². The summed E-state index contributed by atoms with van der Waals surface area (Å²) in [5, 5.41) is 0. The SMILES string of the molecule is C=CC[C@H]1[C@H](OCc2ccccc2)[C@@H](OCc2ccccc2)[C@H](OCc2ccccc2)[C@H](CF)N1Cc1ccccc1. The molecule has 0 radical (unpaired) electrons. The van der Waals surface area contributed by atoms with Gasteiger partial charge in [-0.2, -0.15) is 0 Å². The minimum absolute atomic E-state index is 0.162. The van der Waals surface area contributed by atoms with Crippen molar-refractivity contribution in [3.8, 4) is 0 Å². The number of rotatable bonds is 14. The largest absolute Gasteiger partial charge is 0.369 e. The van der Waals surface area contributed by atoms with E-state index in [4.69, 9.17) is 14.2 Å². The zero-order valence-electron chi connectivity index (χ0n) is 24.0. The first-order valence-corrected chi connectivity index (χ1v) is 14.7. The summed E-state index contributed by atoms with van der Waals surface area (Å²) < 4.78 is 35.4. The number of nitrogens with zero attached hydrogens (tertiary/aromatic N) is 1. The van der Waals surface area contributed by atoms with E-state index in [1.54, 1.807) is 0 Å². The average molecular weight is 566 g/mol. The second-order valence-electron chi connectivity index (χ2n) is 10.8. The lowest BCUT2D eigenvalue weighted by atomic mass is 9.85. The molecule has 4 aromatic carbocycles. The Morgan fingerprint density at radius 2 is 0.929 bits per heavy atom. The van der Waals surface area contributed by atoms with E-state index in [0.717, 1.165) is 22.3 Å². The molecule has 5 atom stereocenters. The van der Waals surface area contributed by atoms with Crippen LogP contribution in [0.4, 0.5) is 4.39 Å². The fourth-order valence-electron chi connectivity index (χ4n) is 5.80. The minimum atomic E-state index is -0.573. The molecular formula is C37H40FNO3. The van der Waals surface area contributed by atoms with Crippen LogP contribution in [0.5, 0.6) is 0 Å². The second-order valence-corrected chi connectivity index (χ2v) is 10.8. The lowest BCUT2D eigenvalue weighted by Crippen LogP contribution is -2.68. The molecule has 4 aromatic rings. The third-order valence-corrected chi connectivity index (χ3v) is 7.89. The molecule has 0 aliphatic carbocycles. The van der Waals surface area contributed by atoms with Crippen molar-refractivity contribution in [2.45, 2.75) is 63.2 Å². The van der Waals surface area contributed by atoms with E-state index in [0.29, 0.717) is 32.8 Å². The van der Waals surface area contributed by atoms with Crippen molar-refractivity contribution >= 4 is 0 Å². The quantitative estimate of drug-likeness (QED) is 0.148. The maximum absolute atomic E-state index is 15.3. The smallest absolute Gasteiger partial charge is 0.113 e. The molecule has 0 N–H and O–H groups in total. The van der Waals surface area contributed by atoms with Gasteiger partial charge in [-0.05, 0) is 28.7 Å². The van der Waals surface area contributed by atoms with E-state index in [9.17, 15) is 0 Å². The molecule has 5 heteroatoms. The van der Waals surface area contributed by atoms with E-state index in [1.807, 2.05) is 103 Å². The Labute approximate surface area is 249 Å². The van der Waals surface area contributed by atoms with E-state index < -0.39 is 24.9 Å². The van der Waals surface area contributed by atoms with Crippen LogP contribution in [0.15, 0.2) is 134 Å². The van der Waals surface area contributed by atoms with E-state index in [-0.39, 0.29) is 12.1 Å². The third-order valence-electron chi connectivity index (χ3n) is 7.89. The zero-order chi connectivity index (χ0) is 29.0. The molecule has 0 unspecified atom stereocenters. The monoisotopic (exact) mass is 565 g/mol. The molecule has 0 amide bonds. The van der Waals surface area contributed by atoms with E-state index >= 15 is 4.39 Å². The van der Waals surface area contributed by atoms with Crippen molar-refractivity contribution in [1.29, 1.82) is 0 Å². The third kappa shape index (κ3) is 7.81. The Kier molecular flexibility index (Phi) is 11.1. The van der Waals surface area contributed by atoms with Gasteiger partial charge in [0.05, 0.1) is 25.9 Å². The first-order valence-electron chi connectivity index (χ1n) is 14.7. The van der Waals surface area contributed by atoms with Gasteiger partial charge in [0, 0.05) is 12.6 Å². The van der Waals surface area contributed by atoms with Gasteiger partial charge in [-0.15, -0.1) is 6.58 Å². The van der Waals surface area contributed by atoms with Crippen LogP contribution in [0.2, 0.25) is 0 Å². The highest BCUT2D eigenvalue weighted by atomic mass is 19.1. The number of benzene rings is 4. The molecule has 1 fully saturated rings. The van der Waals surface area contributed by atoms with Gasteiger partial charge in [0.2, 0.25) is 0 Å². The van der Waals surface area contributed by atoms with Gasteiger partial charge >= 0.3 is 0 Å². The summed E-state index contributed by atoms with van der Waals surface area (Å²) in [5.41, 5.74) is 4.25. The minimum Gasteiger partial charge on any atom is -0.369 e. The molecule has 218 valence electrons. The van der Waals surface area contributed by atoms with Gasteiger partial charge in [0.1, 0.15) is 25.0 Å². The molecule has 42 heavy (non-hydrogen) atoms. The number of likely N-dealkylation sites (tertiary alicyclic amines) is 1. The molecule has 5 rings (SSSR count). The first-order chi connectivity index (χ1) is 20.8. The molecule has 1 aliphatic rings. The number of alkyl halides is 1. The number of halogens is 1. The van der Waals surface area contributed by atoms with Crippen molar-refractivity contribution in [1.82, 2.24) is 4.90 Å². The fraction of sp³-hybridized carbons (Fsp3) is 0.297. The van der Waals surface area contributed by atoms with Crippen molar-refractivity contribution in [3.05, 3.63) is 156 Å². The fourth-order valence-corrected chi connectivity index (χ4v) is 5.80. The predicted octanol–water partition coefficient (Wildman–Crippen LogP) is 7.54. The molecule has 0 saturated carbocycles. The highest BCUT2D eigenvalue weighted by molar-refractivity contribution is 5.19. The number of hydrogen-bond acceptors (Lipinski definition) is 4. The van der Waals surface area contributed by atoms with Crippen LogP contribution in [0.3, 0.4) is 0 Å². The summed E-state index contributed by atoms with van der Waals surface area (Å²) in [6.07, 6.45) is 1.06. The molecular weight excluding hydrogens is 525 g/mol. The molecule has 1 saturated heterocycles. The lowest BCUT2D eigenvalue weighted by Gasteiger charge is -2.52. The van der Waals surface area contributed by atoms with Crippen LogP contribution >= 0.6 is 0 Å². The van der Waals surface area contributed by atoms with Crippen molar-refractivity contribution < 1.29 is 18.6 Å². The summed E-state index contributed by atoms with van der Waals surface area (Å²) in [6, 6.07) is 39.7. The topological polar surface area (TPSA) is 30.9 Å². The highest BCUT2D eigenvalue weighted by Gasteiger charge is 2.51. The Hall–Kier alpha value is -3.61. The second kappa shape index (κ2) is 15.6. The summed E-state index contributed by atoms with van der Waals surface area (Å²) in [6.45, 7) is 5.20. The van der Waals surface area contributed by atoms with Crippen LogP contribution in [0.25, 0.3) is 0 Å². The Balaban J connectivity index is 1.51. The highest BCUT2D eigenvalue weighted by Crippen LogP contribution is 2.35. The summed E-state index contributed by atoms with van der Waals surface area (Å²) in [4.78, 5) is 2.21. The number of hydrogen-bond donors (Lipinski definition) is 0. The van der Waals surface area contributed by atoms with Crippen molar-refractivity contribution in [2.75, 3.05) is 6.67 Å². The lowest BCUT2D eigenvalue weighted by molar-refractivity contribution is -0.225. The van der Waals surface area contributed by atoms with Crippen LogP contribution in [0.1, 0.15) is 28.7 Å². The molecule has 0 aromatic heterocycles. The predicted molar refractivity (Wildman–Crippen MR) is 165 cm³/mol. The van der Waals surface area contributed by atoms with Crippen LogP contribution in [-0.2, 0) is 40.6 Å². The van der Waals surface area contributed by atoms with Gasteiger partial charge in [-0.25, -0.2) is 4.39 Å². The van der Waals surface area contributed by atoms with Crippen molar-refractivity contribution in [3.63, 3.8) is 0 Å². The van der Waals surface area contributed by atoms with Crippen LogP contribution < -0.4 is 0 Å². The first kappa shape index (κ1) is 29.9. The Morgan fingerprint density at radius 3 is 1.33 bits per heavy atom. The Morgan fingerprint density at radius 1 is 0.548 bits per heavy atom. The van der Waals surface area contributed by atoms with Gasteiger partial charge in [0.25, 0.3) is 0 Å². The van der Waals surface area contributed by atoms with Gasteiger partial charge in [0.15, 0.2) is 0 Å². The zero-order valence-corrected chi connectivity index (χ0v) is 24.0. The Bertz CT molecular complexity index is 1320.